The maximum atomic E-state index is 12.3. The van der Waals surface area contributed by atoms with Crippen LogP contribution in [0.15, 0.2) is 71.0 Å². The number of hydrogen-bond donors (Lipinski definition) is 0. The molecule has 1 atom stereocenters. The number of rotatable bonds is 1. The van der Waals surface area contributed by atoms with E-state index in [1.807, 2.05) is 54.6 Å². The van der Waals surface area contributed by atoms with Crippen LogP contribution in [0.3, 0.4) is 0 Å². The quantitative estimate of drug-likeness (QED) is 0.669. The highest BCUT2D eigenvalue weighted by Crippen LogP contribution is 2.43. The molecule has 4 rings (SSSR count). The highest BCUT2D eigenvalue weighted by molar-refractivity contribution is 6.03. The summed E-state index contributed by atoms with van der Waals surface area (Å²) >= 11 is 0. The molecule has 0 saturated carbocycles. The molecule has 5 heteroatoms. The molecule has 1 amide bonds. The van der Waals surface area contributed by atoms with E-state index in [1.165, 1.54) is 6.92 Å². The molecule has 0 aliphatic carbocycles. The molecular weight excluding hydrogens is 288 g/mol. The molecule has 3 aromatic rings. The molecule has 0 bridgehead atoms. The van der Waals surface area contributed by atoms with Crippen molar-refractivity contribution in [2.24, 2.45) is 10.2 Å². The van der Waals surface area contributed by atoms with E-state index in [9.17, 15) is 4.79 Å². The molecule has 0 saturated heterocycles. The zero-order chi connectivity index (χ0) is 15.8. The van der Waals surface area contributed by atoms with Gasteiger partial charge in [-0.1, -0.05) is 48.5 Å². The highest BCUT2D eigenvalue weighted by atomic mass is 16.2. The largest absolute Gasteiger partial charge is 0.280 e. The van der Waals surface area contributed by atoms with Crippen LogP contribution in [0.4, 0.5) is 11.4 Å². The van der Waals surface area contributed by atoms with Gasteiger partial charge in [0.05, 0.1) is 17.4 Å². The number of aromatic nitrogens is 1. The van der Waals surface area contributed by atoms with E-state index in [1.54, 1.807) is 11.1 Å². The fourth-order valence-corrected chi connectivity index (χ4v) is 2.88. The van der Waals surface area contributed by atoms with Gasteiger partial charge < -0.3 is 0 Å². The summed E-state index contributed by atoms with van der Waals surface area (Å²) in [6.45, 7) is 1.54. The summed E-state index contributed by atoms with van der Waals surface area (Å²) in [7, 11) is 0. The lowest BCUT2D eigenvalue weighted by molar-refractivity contribution is -0.117. The molecule has 1 aliphatic heterocycles. The van der Waals surface area contributed by atoms with E-state index >= 15 is 0 Å². The van der Waals surface area contributed by atoms with Crippen molar-refractivity contribution in [3.05, 3.63) is 66.4 Å². The molecule has 1 unspecified atom stereocenters. The van der Waals surface area contributed by atoms with Crippen molar-refractivity contribution in [2.45, 2.75) is 13.1 Å². The molecule has 23 heavy (non-hydrogen) atoms. The van der Waals surface area contributed by atoms with Crippen LogP contribution in [0, 0.1) is 0 Å². The molecule has 1 aromatic heterocycles. The van der Waals surface area contributed by atoms with Crippen molar-refractivity contribution in [1.82, 2.24) is 4.98 Å². The number of hydrogen-bond acceptors (Lipinski definition) is 4. The van der Waals surface area contributed by atoms with Crippen LogP contribution in [-0.4, -0.2) is 10.9 Å². The number of carbonyl (C=O) groups excluding carboxylic acids is 1. The van der Waals surface area contributed by atoms with Crippen molar-refractivity contribution in [3.63, 3.8) is 0 Å². The summed E-state index contributed by atoms with van der Waals surface area (Å²) in [5, 5.41) is 9.69. The smallest absolute Gasteiger partial charge is 0.226 e. The average Bonchev–Trinajstić information content (AvgIpc) is 2.61. The molecule has 0 N–H and O–H groups in total. The SMILES string of the molecule is CC(=O)N1c2cnc3ccccc3c2N=NC1c1ccccc1. The van der Waals surface area contributed by atoms with E-state index in [4.69, 9.17) is 0 Å². The zero-order valence-electron chi connectivity index (χ0n) is 12.5. The second-order valence-corrected chi connectivity index (χ2v) is 5.40. The van der Waals surface area contributed by atoms with Gasteiger partial charge in [-0.25, -0.2) is 0 Å². The van der Waals surface area contributed by atoms with Crippen LogP contribution in [0.5, 0.6) is 0 Å². The van der Waals surface area contributed by atoms with Gasteiger partial charge >= 0.3 is 0 Å². The summed E-state index contributed by atoms with van der Waals surface area (Å²) in [6, 6.07) is 17.4. The van der Waals surface area contributed by atoms with E-state index < -0.39 is 6.17 Å². The van der Waals surface area contributed by atoms with Crippen LogP contribution >= 0.6 is 0 Å². The number of carbonyl (C=O) groups is 1. The topological polar surface area (TPSA) is 57.9 Å². The first-order valence-electron chi connectivity index (χ1n) is 7.39. The normalized spacial score (nSPS) is 16.4. The minimum absolute atomic E-state index is 0.0872. The standard InChI is InChI=1S/C18H14N4O/c1-12(23)22-16-11-19-15-10-6-5-9-14(15)17(16)20-21-18(22)13-7-3-2-4-8-13/h2-11,18H,1H3. The maximum absolute atomic E-state index is 12.3. The first kappa shape index (κ1) is 13.6. The molecule has 5 nitrogen and oxygen atoms in total. The molecular formula is C18H14N4O. The third kappa shape index (κ3) is 2.17. The van der Waals surface area contributed by atoms with Crippen molar-refractivity contribution in [3.8, 4) is 0 Å². The second kappa shape index (κ2) is 5.28. The van der Waals surface area contributed by atoms with E-state index in [0.29, 0.717) is 11.4 Å². The lowest BCUT2D eigenvalue weighted by Crippen LogP contribution is -2.33. The fourth-order valence-electron chi connectivity index (χ4n) is 2.88. The van der Waals surface area contributed by atoms with Gasteiger partial charge in [0.1, 0.15) is 5.69 Å². The number of azo groups is 1. The third-order valence-corrected chi connectivity index (χ3v) is 3.94. The molecule has 112 valence electrons. The number of nitrogens with zero attached hydrogens (tertiary/aromatic N) is 4. The van der Waals surface area contributed by atoms with Crippen LogP contribution in [0.25, 0.3) is 10.9 Å². The first-order valence-corrected chi connectivity index (χ1v) is 7.39. The Labute approximate surface area is 133 Å². The van der Waals surface area contributed by atoms with E-state index in [0.717, 1.165) is 16.5 Å². The van der Waals surface area contributed by atoms with Gasteiger partial charge in [-0.15, -0.1) is 0 Å². The van der Waals surface area contributed by atoms with Gasteiger partial charge in [-0.2, -0.15) is 10.2 Å². The molecule has 1 aliphatic rings. The Balaban J connectivity index is 1.93. The van der Waals surface area contributed by atoms with Crippen LogP contribution in [0.1, 0.15) is 18.7 Å². The van der Waals surface area contributed by atoms with Crippen molar-refractivity contribution in [1.29, 1.82) is 0 Å². The third-order valence-electron chi connectivity index (χ3n) is 3.94. The number of benzene rings is 2. The van der Waals surface area contributed by atoms with Gasteiger partial charge in [0, 0.05) is 12.3 Å². The summed E-state index contributed by atoms with van der Waals surface area (Å²) in [6.07, 6.45) is 1.25. The van der Waals surface area contributed by atoms with Crippen LogP contribution < -0.4 is 4.90 Å². The Kier molecular flexibility index (Phi) is 3.12. The Morgan fingerprint density at radius 2 is 1.78 bits per heavy atom. The highest BCUT2D eigenvalue weighted by Gasteiger charge is 2.30. The van der Waals surface area contributed by atoms with Crippen molar-refractivity contribution in [2.75, 3.05) is 4.90 Å². The number of anilines is 1. The zero-order valence-corrected chi connectivity index (χ0v) is 12.5. The fraction of sp³-hybridized carbons (Fsp3) is 0.111. The van der Waals surface area contributed by atoms with Crippen LogP contribution in [0.2, 0.25) is 0 Å². The first-order chi connectivity index (χ1) is 11.3. The predicted molar refractivity (Wildman–Crippen MR) is 88.6 cm³/mol. The van der Waals surface area contributed by atoms with Gasteiger partial charge in [0.15, 0.2) is 6.17 Å². The lowest BCUT2D eigenvalue weighted by atomic mass is 10.1. The maximum Gasteiger partial charge on any atom is 0.226 e. The summed E-state index contributed by atoms with van der Waals surface area (Å²) in [4.78, 5) is 18.4. The second-order valence-electron chi connectivity index (χ2n) is 5.40. The predicted octanol–water partition coefficient (Wildman–Crippen LogP) is 4.38. The average molecular weight is 302 g/mol. The Morgan fingerprint density at radius 1 is 1.04 bits per heavy atom. The molecule has 0 fully saturated rings. The minimum atomic E-state index is -0.454. The number of pyridine rings is 1. The van der Waals surface area contributed by atoms with E-state index in [2.05, 4.69) is 15.2 Å². The summed E-state index contributed by atoms with van der Waals surface area (Å²) in [5.74, 6) is -0.0872. The molecule has 2 aromatic carbocycles. The number of fused-ring (bicyclic) bond motifs is 3. The van der Waals surface area contributed by atoms with E-state index in [-0.39, 0.29) is 5.91 Å². The van der Waals surface area contributed by atoms with Gasteiger partial charge in [0.25, 0.3) is 0 Å². The number of amides is 1. The van der Waals surface area contributed by atoms with Crippen molar-refractivity contribution >= 4 is 28.2 Å². The Hall–Kier alpha value is -3.08. The van der Waals surface area contributed by atoms with Gasteiger partial charge in [0.2, 0.25) is 5.91 Å². The summed E-state index contributed by atoms with van der Waals surface area (Å²) in [5.41, 5.74) is 3.15. The monoisotopic (exact) mass is 302 g/mol. The lowest BCUT2D eigenvalue weighted by Gasteiger charge is -2.31. The van der Waals surface area contributed by atoms with Crippen molar-refractivity contribution < 1.29 is 4.79 Å². The molecule has 0 spiro atoms. The Bertz CT molecular complexity index is 921. The molecule has 2 heterocycles. The number of para-hydroxylation sites is 1. The van der Waals surface area contributed by atoms with Crippen LogP contribution in [-0.2, 0) is 4.79 Å². The molecule has 0 radical (unpaired) electrons. The van der Waals surface area contributed by atoms with Gasteiger partial charge in [-0.05, 0) is 11.6 Å². The summed E-state index contributed by atoms with van der Waals surface area (Å²) < 4.78 is 0. The Morgan fingerprint density at radius 3 is 2.57 bits per heavy atom. The minimum Gasteiger partial charge on any atom is -0.280 e. The van der Waals surface area contributed by atoms with Gasteiger partial charge in [-0.3, -0.25) is 14.7 Å².